The number of hydrogen-bond acceptors (Lipinski definition) is 12. The molecule has 3 rings (SSSR count). The van der Waals surface area contributed by atoms with E-state index in [1.165, 1.54) is 6.07 Å². The number of hydrogen-bond donors (Lipinski definition) is 12. The highest BCUT2D eigenvalue weighted by Gasteiger charge is 2.30. The van der Waals surface area contributed by atoms with E-state index >= 15 is 0 Å². The molecule has 280 valence electrons. The summed E-state index contributed by atoms with van der Waals surface area (Å²) in [6.07, 6.45) is -0.177. The number of nitrogens with two attached hydrogens (primary N) is 5. The Morgan fingerprint density at radius 1 is 0.882 bits per heavy atom. The molecule has 0 aromatic heterocycles. The van der Waals surface area contributed by atoms with Crippen molar-refractivity contribution in [2.75, 3.05) is 32.7 Å². The molecular formula is C34H52N10O7. The molecule has 5 amide bonds. The van der Waals surface area contributed by atoms with Crippen LogP contribution in [0.2, 0.25) is 0 Å². The first-order valence-electron chi connectivity index (χ1n) is 16.9. The molecule has 0 saturated heterocycles. The highest BCUT2D eigenvalue weighted by molar-refractivity contribution is 5.93. The lowest BCUT2D eigenvalue weighted by molar-refractivity contribution is -0.132. The molecule has 0 radical (unpaired) electrons. The lowest BCUT2D eigenvalue weighted by Gasteiger charge is -2.25. The topological polar surface area (TPSA) is 316 Å². The smallest absolute Gasteiger partial charge is 0.243 e. The fraction of sp³-hybridized carbons (Fsp3) is 0.500. The number of carbonyl (C=O) groups excluding carboxylic acids is 5. The van der Waals surface area contributed by atoms with Crippen LogP contribution in [0, 0.1) is 6.92 Å². The van der Waals surface area contributed by atoms with Crippen molar-refractivity contribution >= 4 is 29.5 Å². The van der Waals surface area contributed by atoms with Crippen molar-refractivity contribution in [1.82, 2.24) is 26.6 Å². The Labute approximate surface area is 296 Å². The minimum atomic E-state index is -1.18. The van der Waals surface area contributed by atoms with Crippen molar-refractivity contribution in [3.8, 4) is 16.9 Å². The molecule has 1 aliphatic rings. The summed E-state index contributed by atoms with van der Waals surface area (Å²) in [4.78, 5) is 65.2. The molecule has 17 N–H and O–H groups in total. The molecule has 1 heterocycles. The Kier molecular flexibility index (Phi) is 15.7. The van der Waals surface area contributed by atoms with Crippen LogP contribution >= 0.6 is 0 Å². The number of aliphatic hydroxyl groups is 1. The van der Waals surface area contributed by atoms with E-state index in [-0.39, 0.29) is 64.2 Å². The van der Waals surface area contributed by atoms with Crippen molar-refractivity contribution in [2.45, 2.75) is 75.3 Å². The van der Waals surface area contributed by atoms with Crippen LogP contribution in [0.15, 0.2) is 36.4 Å². The summed E-state index contributed by atoms with van der Waals surface area (Å²) in [7, 11) is 0. The van der Waals surface area contributed by atoms with Gasteiger partial charge in [-0.05, 0) is 72.7 Å². The third-order valence-corrected chi connectivity index (χ3v) is 8.63. The summed E-state index contributed by atoms with van der Waals surface area (Å²) >= 11 is 0. The Bertz CT molecular complexity index is 1540. The van der Waals surface area contributed by atoms with Gasteiger partial charge in [-0.2, -0.15) is 0 Å². The third-order valence-electron chi connectivity index (χ3n) is 8.63. The number of benzene rings is 2. The fourth-order valence-electron chi connectivity index (χ4n) is 5.37. The minimum absolute atomic E-state index is 0.0106. The van der Waals surface area contributed by atoms with Gasteiger partial charge in [-0.15, -0.1) is 0 Å². The number of amides is 5. The summed E-state index contributed by atoms with van der Waals surface area (Å²) in [6.45, 7) is 1.78. The van der Waals surface area contributed by atoms with Gasteiger partial charge in [-0.1, -0.05) is 24.3 Å². The van der Waals surface area contributed by atoms with E-state index in [1.807, 2.05) is 25.1 Å². The molecule has 2 unspecified atom stereocenters. The number of aliphatic hydroxyl groups excluding tert-OH is 1. The Hall–Kier alpha value is -4.65. The molecule has 0 fully saturated rings. The average Bonchev–Trinajstić information content (AvgIpc) is 3.11. The second-order valence-electron chi connectivity index (χ2n) is 12.7. The minimum Gasteiger partial charge on any atom is -0.508 e. The van der Waals surface area contributed by atoms with Gasteiger partial charge < -0.3 is 65.5 Å². The summed E-state index contributed by atoms with van der Waals surface area (Å²) < 4.78 is 0. The fourth-order valence-corrected chi connectivity index (χ4v) is 5.37. The van der Waals surface area contributed by atoms with Gasteiger partial charge in [-0.3, -0.25) is 24.0 Å². The number of aryl methyl sites for hydroxylation is 1. The second kappa shape index (κ2) is 19.7. The Balaban J connectivity index is 1.77. The van der Waals surface area contributed by atoms with E-state index in [0.717, 1.165) is 22.3 Å². The molecule has 17 heteroatoms. The lowest BCUT2D eigenvalue weighted by Crippen LogP contribution is -2.57. The van der Waals surface area contributed by atoms with Gasteiger partial charge in [0.2, 0.25) is 29.5 Å². The summed E-state index contributed by atoms with van der Waals surface area (Å²) in [5, 5.41) is 33.1. The van der Waals surface area contributed by atoms with Crippen molar-refractivity contribution in [3.05, 3.63) is 53.1 Å². The first kappa shape index (κ1) is 40.8. The Morgan fingerprint density at radius 2 is 1.55 bits per heavy atom. The van der Waals surface area contributed by atoms with Crippen LogP contribution < -0.4 is 55.3 Å². The molecule has 4 bridgehead atoms. The van der Waals surface area contributed by atoms with Crippen LogP contribution in [-0.4, -0.2) is 109 Å². The van der Waals surface area contributed by atoms with Crippen molar-refractivity contribution in [1.29, 1.82) is 0 Å². The molecule has 2 aromatic rings. The number of rotatable bonds is 14. The molecule has 17 nitrogen and oxygen atoms in total. The normalized spacial score (nSPS) is 19.6. The van der Waals surface area contributed by atoms with Crippen molar-refractivity contribution in [2.24, 2.45) is 28.7 Å². The third kappa shape index (κ3) is 12.3. The molecule has 2 aromatic carbocycles. The van der Waals surface area contributed by atoms with Crippen LogP contribution in [0.25, 0.3) is 11.1 Å². The van der Waals surface area contributed by atoms with Crippen LogP contribution in [0.4, 0.5) is 0 Å². The first-order chi connectivity index (χ1) is 24.2. The van der Waals surface area contributed by atoms with Gasteiger partial charge in [-0.25, -0.2) is 0 Å². The van der Waals surface area contributed by atoms with Crippen molar-refractivity contribution < 1.29 is 34.2 Å². The van der Waals surface area contributed by atoms with Gasteiger partial charge in [0.25, 0.3) is 0 Å². The van der Waals surface area contributed by atoms with Crippen LogP contribution in [0.1, 0.15) is 36.0 Å². The summed E-state index contributed by atoms with van der Waals surface area (Å²) in [5.41, 5.74) is 32.7. The predicted molar refractivity (Wildman–Crippen MR) is 190 cm³/mol. The van der Waals surface area contributed by atoms with Gasteiger partial charge in [0.1, 0.15) is 23.9 Å². The summed E-state index contributed by atoms with van der Waals surface area (Å²) in [5.74, 6) is -3.01. The Morgan fingerprint density at radius 3 is 2.24 bits per heavy atom. The highest BCUT2D eigenvalue weighted by Crippen LogP contribution is 2.29. The molecule has 0 saturated carbocycles. The average molecular weight is 713 g/mol. The number of phenols is 1. The molecular weight excluding hydrogens is 660 g/mol. The first-order valence-corrected chi connectivity index (χ1v) is 16.9. The number of aromatic hydroxyl groups is 1. The SMILES string of the molecule is Cc1ccc2cc1C[C@@H](C(=O)NCC(N)C(=O)NCC[C@H](N)C(=O)NCC(O)CN)NC(=O)[C@H](CCCN)NC(=O)[C@@H](N)Cc1cc-2ccc1O. The molecule has 1 aliphatic heterocycles. The second-order valence-corrected chi connectivity index (χ2v) is 12.7. The largest absolute Gasteiger partial charge is 0.508 e. The predicted octanol–water partition coefficient (Wildman–Crippen LogP) is -3.79. The van der Waals surface area contributed by atoms with Crippen molar-refractivity contribution in [3.63, 3.8) is 0 Å². The van der Waals surface area contributed by atoms with E-state index in [0.29, 0.717) is 12.0 Å². The number of nitrogens with one attached hydrogen (secondary N) is 5. The molecule has 0 spiro atoms. The van der Waals surface area contributed by atoms with Crippen LogP contribution in [0.3, 0.4) is 0 Å². The van der Waals surface area contributed by atoms with Crippen LogP contribution in [-0.2, 0) is 36.8 Å². The molecule has 6 atom stereocenters. The van der Waals surface area contributed by atoms with E-state index in [1.54, 1.807) is 12.1 Å². The zero-order chi connectivity index (χ0) is 37.7. The summed E-state index contributed by atoms with van der Waals surface area (Å²) in [6, 6.07) is 5.24. The highest BCUT2D eigenvalue weighted by atomic mass is 16.3. The number of fused-ring (bicyclic) bond motifs is 5. The van der Waals surface area contributed by atoms with E-state index in [4.69, 9.17) is 28.7 Å². The maximum atomic E-state index is 13.6. The standard InChI is InChI=1S/C34H52N10O7/c1-18-4-5-19-11-21(18)14-28(33(50)42-17-26(39)31(48)40-10-8-24(37)30(47)41-16-23(45)15-36)44-34(51)27(3-2-9-35)43-32(49)25(38)13-22-12-20(19)6-7-29(22)46/h4-7,11-12,23-28,45-46H,2-3,8-10,13-17,35-39H2,1H3,(H,40,48)(H,41,47)(H,42,50)(H,43,49)(H,44,51)/t23?,24-,25-,26?,27-,28-/m0/s1. The van der Waals surface area contributed by atoms with Gasteiger partial charge in [0.15, 0.2) is 0 Å². The van der Waals surface area contributed by atoms with E-state index in [9.17, 15) is 34.2 Å². The van der Waals surface area contributed by atoms with Gasteiger partial charge in [0.05, 0.1) is 18.2 Å². The molecule has 51 heavy (non-hydrogen) atoms. The lowest BCUT2D eigenvalue weighted by atomic mass is 9.93. The van der Waals surface area contributed by atoms with E-state index < -0.39 is 65.8 Å². The maximum absolute atomic E-state index is 13.6. The number of phenolic OH excluding ortho intramolecular Hbond substituents is 1. The zero-order valence-electron chi connectivity index (χ0n) is 28.8. The zero-order valence-corrected chi connectivity index (χ0v) is 28.8. The van der Waals surface area contributed by atoms with Gasteiger partial charge in [0, 0.05) is 39.0 Å². The van der Waals surface area contributed by atoms with Crippen LogP contribution in [0.5, 0.6) is 5.75 Å². The number of carbonyl (C=O) groups is 5. The maximum Gasteiger partial charge on any atom is 0.243 e. The quantitative estimate of drug-likeness (QED) is 0.0898. The monoisotopic (exact) mass is 712 g/mol. The van der Waals surface area contributed by atoms with E-state index in [2.05, 4.69) is 26.6 Å². The van der Waals surface area contributed by atoms with Gasteiger partial charge >= 0.3 is 0 Å². The molecule has 0 aliphatic carbocycles.